The van der Waals surface area contributed by atoms with Crippen LogP contribution < -0.4 is 15.4 Å². The van der Waals surface area contributed by atoms with Gasteiger partial charge in [0.25, 0.3) is 0 Å². The summed E-state index contributed by atoms with van der Waals surface area (Å²) in [6, 6.07) is 7.86. The summed E-state index contributed by atoms with van der Waals surface area (Å²) in [6.45, 7) is 8.09. The van der Waals surface area contributed by atoms with Crippen LogP contribution in [0.15, 0.2) is 36.7 Å². The normalized spacial score (nSPS) is 17.5. The van der Waals surface area contributed by atoms with Crippen molar-refractivity contribution in [3.8, 4) is 5.75 Å². The maximum absolute atomic E-state index is 13.1. The molecule has 6 heteroatoms. The number of para-hydroxylation sites is 1. The number of nitrogens with zero attached hydrogens (tertiary/aromatic N) is 2. The first-order chi connectivity index (χ1) is 12.5. The molecule has 1 aromatic heterocycles. The first kappa shape index (κ1) is 18.5. The van der Waals surface area contributed by atoms with E-state index in [0.29, 0.717) is 6.61 Å². The predicted molar refractivity (Wildman–Crippen MR) is 101 cm³/mol. The van der Waals surface area contributed by atoms with Crippen LogP contribution in [0.25, 0.3) is 0 Å². The minimum Gasteiger partial charge on any atom is -0.491 e. The number of piperidine rings is 1. The molecule has 2 aromatic rings. The van der Waals surface area contributed by atoms with Crippen LogP contribution in [0.4, 0.5) is 0 Å². The Labute approximate surface area is 154 Å². The van der Waals surface area contributed by atoms with Gasteiger partial charge in [-0.2, -0.15) is 5.10 Å². The average Bonchev–Trinajstić information content (AvgIpc) is 3.17. The van der Waals surface area contributed by atoms with Crippen LogP contribution in [0.2, 0.25) is 0 Å². The minimum atomic E-state index is -0.623. The van der Waals surface area contributed by atoms with Crippen LogP contribution in [0.5, 0.6) is 5.75 Å². The second-order valence-electron chi connectivity index (χ2n) is 7.14. The topological polar surface area (TPSA) is 68.2 Å². The molecule has 0 radical (unpaired) electrons. The monoisotopic (exact) mass is 356 g/mol. The molecule has 1 aromatic carbocycles. The van der Waals surface area contributed by atoms with Gasteiger partial charge in [-0.05, 0) is 63.9 Å². The molecule has 3 rings (SSSR count). The number of amides is 1. The molecule has 1 unspecified atom stereocenters. The van der Waals surface area contributed by atoms with E-state index in [4.69, 9.17) is 4.74 Å². The number of rotatable bonds is 6. The van der Waals surface area contributed by atoms with E-state index < -0.39 is 5.54 Å². The Kier molecular flexibility index (Phi) is 5.61. The van der Waals surface area contributed by atoms with Crippen LogP contribution in [0.3, 0.4) is 0 Å². The molecule has 0 bridgehead atoms. The minimum absolute atomic E-state index is 0.0142. The average molecular weight is 356 g/mol. The number of carbonyl (C=O) groups excluding carboxylic acids is 1. The first-order valence-electron chi connectivity index (χ1n) is 9.24. The van der Waals surface area contributed by atoms with Gasteiger partial charge in [0.2, 0.25) is 5.91 Å². The first-order valence-corrected chi connectivity index (χ1v) is 9.24. The highest BCUT2D eigenvalue weighted by atomic mass is 16.5. The lowest BCUT2D eigenvalue weighted by atomic mass is 9.87. The van der Waals surface area contributed by atoms with E-state index in [0.717, 1.165) is 42.8 Å². The summed E-state index contributed by atoms with van der Waals surface area (Å²) in [4.78, 5) is 13.1. The Morgan fingerprint density at radius 3 is 2.62 bits per heavy atom. The predicted octanol–water partition coefficient (Wildman–Crippen LogP) is 2.16. The van der Waals surface area contributed by atoms with Crippen LogP contribution >= 0.6 is 0 Å². The fraction of sp³-hybridized carbons (Fsp3) is 0.500. The number of ether oxygens (including phenoxy) is 1. The molecule has 0 saturated carbocycles. The molecule has 1 aliphatic heterocycles. The van der Waals surface area contributed by atoms with Gasteiger partial charge in [-0.15, -0.1) is 0 Å². The van der Waals surface area contributed by atoms with Gasteiger partial charge in [0.05, 0.1) is 6.04 Å². The molecule has 2 heterocycles. The summed E-state index contributed by atoms with van der Waals surface area (Å²) in [5.74, 6) is 0.914. The van der Waals surface area contributed by atoms with E-state index in [1.165, 1.54) is 0 Å². The van der Waals surface area contributed by atoms with Gasteiger partial charge in [0, 0.05) is 12.4 Å². The molecule has 0 spiro atoms. The van der Waals surface area contributed by atoms with Gasteiger partial charge in [0.15, 0.2) is 0 Å². The third-order valence-electron chi connectivity index (χ3n) is 5.06. The zero-order valence-electron chi connectivity index (χ0n) is 15.8. The highest BCUT2D eigenvalue weighted by Gasteiger charge is 2.42. The summed E-state index contributed by atoms with van der Waals surface area (Å²) in [5.41, 5.74) is 1.59. The van der Waals surface area contributed by atoms with Crippen molar-refractivity contribution < 1.29 is 9.53 Å². The van der Waals surface area contributed by atoms with Crippen molar-refractivity contribution in [2.24, 2.45) is 0 Å². The Bertz CT molecular complexity index is 716. The van der Waals surface area contributed by atoms with E-state index in [9.17, 15) is 4.79 Å². The van der Waals surface area contributed by atoms with Crippen molar-refractivity contribution in [2.45, 2.75) is 45.2 Å². The molecule has 26 heavy (non-hydrogen) atoms. The third kappa shape index (κ3) is 3.75. The van der Waals surface area contributed by atoms with Gasteiger partial charge < -0.3 is 15.4 Å². The van der Waals surface area contributed by atoms with Gasteiger partial charge in [0.1, 0.15) is 17.9 Å². The lowest BCUT2D eigenvalue weighted by molar-refractivity contribution is -0.132. The highest BCUT2D eigenvalue weighted by Crippen LogP contribution is 2.27. The van der Waals surface area contributed by atoms with Gasteiger partial charge in [-0.1, -0.05) is 18.2 Å². The zero-order chi connectivity index (χ0) is 18.6. The molecule has 6 nitrogen and oxygen atoms in total. The number of nitrogens with one attached hydrogen (secondary N) is 2. The Morgan fingerprint density at radius 2 is 2.00 bits per heavy atom. The Balaban J connectivity index is 1.66. The van der Waals surface area contributed by atoms with Crippen molar-refractivity contribution in [2.75, 3.05) is 19.7 Å². The van der Waals surface area contributed by atoms with E-state index in [-0.39, 0.29) is 11.9 Å². The number of benzene rings is 1. The lowest BCUT2D eigenvalue weighted by Crippen LogP contribution is -2.56. The van der Waals surface area contributed by atoms with Crippen LogP contribution in [0.1, 0.15) is 30.9 Å². The maximum atomic E-state index is 13.1. The molecule has 140 valence electrons. The van der Waals surface area contributed by atoms with E-state index in [2.05, 4.69) is 15.7 Å². The fourth-order valence-corrected chi connectivity index (χ4v) is 3.56. The van der Waals surface area contributed by atoms with Gasteiger partial charge in [-0.25, -0.2) is 0 Å². The molecule has 1 fully saturated rings. The standard InChI is InChI=1S/C20H28N4O2/c1-15-6-4-7-16(2)18(15)26-14-17(3)23-19(25)20(8-11-21-12-9-20)24-13-5-10-22-24/h4-7,10,13,17,21H,8-9,11-12,14H2,1-3H3,(H,23,25). The van der Waals surface area contributed by atoms with Crippen LogP contribution in [-0.2, 0) is 10.3 Å². The van der Waals surface area contributed by atoms with Gasteiger partial charge in [-0.3, -0.25) is 9.48 Å². The van der Waals surface area contributed by atoms with E-state index >= 15 is 0 Å². The largest absolute Gasteiger partial charge is 0.491 e. The van der Waals surface area contributed by atoms with Crippen molar-refractivity contribution in [3.05, 3.63) is 47.8 Å². The Morgan fingerprint density at radius 1 is 1.31 bits per heavy atom. The molecule has 1 saturated heterocycles. The highest BCUT2D eigenvalue weighted by molar-refractivity contribution is 5.84. The summed E-state index contributed by atoms with van der Waals surface area (Å²) in [6.07, 6.45) is 5.06. The maximum Gasteiger partial charge on any atom is 0.248 e. The molecule has 1 amide bonds. The van der Waals surface area contributed by atoms with E-state index in [1.807, 2.05) is 55.9 Å². The number of aromatic nitrogens is 2. The molecule has 0 aliphatic carbocycles. The van der Waals surface area contributed by atoms with Crippen molar-refractivity contribution >= 4 is 5.91 Å². The fourth-order valence-electron chi connectivity index (χ4n) is 3.56. The van der Waals surface area contributed by atoms with Crippen LogP contribution in [0, 0.1) is 13.8 Å². The molecular weight excluding hydrogens is 328 g/mol. The molecule has 1 atom stereocenters. The SMILES string of the molecule is Cc1cccc(C)c1OCC(C)NC(=O)C1(n2cccn2)CCNCC1. The van der Waals surface area contributed by atoms with E-state index in [1.54, 1.807) is 6.20 Å². The van der Waals surface area contributed by atoms with Crippen molar-refractivity contribution in [1.29, 1.82) is 0 Å². The lowest BCUT2D eigenvalue weighted by Gasteiger charge is -2.37. The number of hydrogen-bond acceptors (Lipinski definition) is 4. The molecule has 1 aliphatic rings. The summed E-state index contributed by atoms with van der Waals surface area (Å²) < 4.78 is 7.80. The molecule has 2 N–H and O–H groups in total. The second kappa shape index (κ2) is 7.91. The summed E-state index contributed by atoms with van der Waals surface area (Å²) >= 11 is 0. The smallest absolute Gasteiger partial charge is 0.248 e. The summed E-state index contributed by atoms with van der Waals surface area (Å²) in [7, 11) is 0. The van der Waals surface area contributed by atoms with Crippen molar-refractivity contribution in [3.63, 3.8) is 0 Å². The van der Waals surface area contributed by atoms with Crippen molar-refractivity contribution in [1.82, 2.24) is 20.4 Å². The number of carbonyl (C=O) groups is 1. The molecular formula is C20H28N4O2. The number of aryl methyl sites for hydroxylation is 2. The Hall–Kier alpha value is -2.34. The number of hydrogen-bond donors (Lipinski definition) is 2. The van der Waals surface area contributed by atoms with Gasteiger partial charge >= 0.3 is 0 Å². The summed E-state index contributed by atoms with van der Waals surface area (Å²) in [5, 5.41) is 10.8. The second-order valence-corrected chi connectivity index (χ2v) is 7.14. The zero-order valence-corrected chi connectivity index (χ0v) is 15.8. The quantitative estimate of drug-likeness (QED) is 0.832. The third-order valence-corrected chi connectivity index (χ3v) is 5.06. The van der Waals surface area contributed by atoms with Crippen LogP contribution in [-0.4, -0.2) is 41.4 Å².